The molecule has 6 nitrogen and oxygen atoms in total. The first-order valence-electron chi connectivity index (χ1n) is 7.06. The Kier molecular flexibility index (Phi) is 6.56. The number of nitrogens with zero attached hydrogens (tertiary/aromatic N) is 3. The Morgan fingerprint density at radius 2 is 2.43 bits per heavy atom. The van der Waals surface area contributed by atoms with Crippen molar-refractivity contribution in [2.45, 2.75) is 13.5 Å². The van der Waals surface area contributed by atoms with Crippen molar-refractivity contribution < 1.29 is 4.92 Å². The fourth-order valence-corrected chi connectivity index (χ4v) is 3.07. The molecule has 1 aromatic heterocycles. The zero-order valence-corrected chi connectivity index (χ0v) is 14.3. The third kappa shape index (κ3) is 5.05. The van der Waals surface area contributed by atoms with Gasteiger partial charge in [0.1, 0.15) is 5.15 Å². The minimum absolute atomic E-state index is 0.187. The maximum Gasteiger partial charge on any atom is 0.295 e. The minimum atomic E-state index is -0.312. The van der Waals surface area contributed by atoms with Crippen LogP contribution in [0.1, 0.15) is 12.5 Å². The zero-order valence-electron chi connectivity index (χ0n) is 12.7. The third-order valence-electron chi connectivity index (χ3n) is 3.24. The summed E-state index contributed by atoms with van der Waals surface area (Å²) < 4.78 is 0. The Hall–Kier alpha value is -1.91. The predicted molar refractivity (Wildman–Crippen MR) is 92.5 cm³/mol. The van der Waals surface area contributed by atoms with Crippen LogP contribution in [-0.2, 0) is 6.54 Å². The highest BCUT2D eigenvalue weighted by Crippen LogP contribution is 2.20. The van der Waals surface area contributed by atoms with E-state index in [0.29, 0.717) is 42.1 Å². The van der Waals surface area contributed by atoms with Crippen molar-refractivity contribution in [2.24, 2.45) is 0 Å². The first kappa shape index (κ1) is 17.4. The summed E-state index contributed by atoms with van der Waals surface area (Å²) >= 11 is 7.22. The van der Waals surface area contributed by atoms with E-state index in [-0.39, 0.29) is 10.6 Å². The fraction of sp³-hybridized carbons (Fsp3) is 0.400. The molecule has 0 aliphatic carbocycles. The van der Waals surface area contributed by atoms with Crippen LogP contribution < -0.4 is 5.32 Å². The minimum Gasteiger partial charge on any atom is -0.365 e. The average Bonchev–Trinajstić information content (AvgIpc) is 2.97. The van der Waals surface area contributed by atoms with E-state index in [0.717, 1.165) is 5.56 Å². The molecule has 1 fully saturated rings. The molecule has 1 aromatic rings. The van der Waals surface area contributed by atoms with Gasteiger partial charge in [-0.2, -0.15) is 0 Å². The summed E-state index contributed by atoms with van der Waals surface area (Å²) in [4.78, 5) is 17.1. The van der Waals surface area contributed by atoms with Gasteiger partial charge in [0.2, 0.25) is 0 Å². The van der Waals surface area contributed by atoms with Gasteiger partial charge in [-0.15, -0.1) is 17.7 Å². The molecule has 23 heavy (non-hydrogen) atoms. The molecular weight excluding hydrogens is 336 g/mol. The summed E-state index contributed by atoms with van der Waals surface area (Å²) in [6.07, 6.45) is 1.69. The van der Waals surface area contributed by atoms with E-state index in [2.05, 4.69) is 22.1 Å². The monoisotopic (exact) mass is 352 g/mol. The number of halogens is 1. The van der Waals surface area contributed by atoms with E-state index in [4.69, 9.17) is 11.6 Å². The van der Waals surface area contributed by atoms with Gasteiger partial charge in [0.05, 0.1) is 16.4 Å². The number of thioether (sulfide) groups is 1. The lowest BCUT2D eigenvalue weighted by molar-refractivity contribution is -0.425. The maximum absolute atomic E-state index is 11.4. The fourth-order valence-electron chi connectivity index (χ4n) is 2.17. The molecular formula is C15H17ClN4O2S. The molecule has 0 amide bonds. The van der Waals surface area contributed by atoms with Crippen LogP contribution in [-0.4, -0.2) is 39.4 Å². The molecule has 0 saturated carbocycles. The van der Waals surface area contributed by atoms with Crippen LogP contribution in [0.2, 0.25) is 5.15 Å². The Labute approximate surface area is 144 Å². The predicted octanol–water partition coefficient (Wildman–Crippen LogP) is 2.34. The molecule has 0 bridgehead atoms. The van der Waals surface area contributed by atoms with Crippen LogP contribution in [0.25, 0.3) is 0 Å². The van der Waals surface area contributed by atoms with Crippen molar-refractivity contribution in [3.05, 3.63) is 50.7 Å². The van der Waals surface area contributed by atoms with E-state index in [1.54, 1.807) is 19.2 Å². The molecule has 0 aromatic carbocycles. The first-order chi connectivity index (χ1) is 11.1. The molecule has 8 heteroatoms. The highest BCUT2D eigenvalue weighted by Gasteiger charge is 2.27. The Bertz CT molecular complexity index is 652. The van der Waals surface area contributed by atoms with Crippen molar-refractivity contribution in [1.82, 2.24) is 15.2 Å². The lowest BCUT2D eigenvalue weighted by atomic mass is 10.2. The van der Waals surface area contributed by atoms with Crippen LogP contribution in [0.4, 0.5) is 0 Å². The van der Waals surface area contributed by atoms with Crippen molar-refractivity contribution in [2.75, 3.05) is 24.6 Å². The van der Waals surface area contributed by atoms with Gasteiger partial charge in [-0.3, -0.25) is 10.1 Å². The summed E-state index contributed by atoms with van der Waals surface area (Å²) in [5.74, 6) is 7.18. The van der Waals surface area contributed by atoms with Crippen LogP contribution in [0, 0.1) is 22.0 Å². The summed E-state index contributed by atoms with van der Waals surface area (Å²) in [5.41, 5.74) is 1.15. The number of hydrogen-bond donors (Lipinski definition) is 1. The molecule has 1 aliphatic rings. The summed E-state index contributed by atoms with van der Waals surface area (Å²) in [7, 11) is 0. The summed E-state index contributed by atoms with van der Waals surface area (Å²) in [5, 5.41) is 15.0. The van der Waals surface area contributed by atoms with Gasteiger partial charge in [0, 0.05) is 25.8 Å². The third-order valence-corrected chi connectivity index (χ3v) is 4.29. The van der Waals surface area contributed by atoms with Crippen molar-refractivity contribution in [3.63, 3.8) is 0 Å². The molecule has 0 unspecified atom stereocenters. The molecule has 1 saturated heterocycles. The number of hydrogen-bond acceptors (Lipinski definition) is 6. The van der Waals surface area contributed by atoms with Crippen LogP contribution in [0.3, 0.4) is 0 Å². The average molecular weight is 353 g/mol. The van der Waals surface area contributed by atoms with Crippen LogP contribution in [0.15, 0.2) is 29.8 Å². The highest BCUT2D eigenvalue weighted by molar-refractivity contribution is 7.99. The second kappa shape index (κ2) is 8.65. The van der Waals surface area contributed by atoms with Crippen LogP contribution in [0.5, 0.6) is 0 Å². The van der Waals surface area contributed by atoms with Gasteiger partial charge in [0.25, 0.3) is 5.70 Å². The Morgan fingerprint density at radius 3 is 3.09 bits per heavy atom. The van der Waals surface area contributed by atoms with Crippen molar-refractivity contribution in [1.29, 1.82) is 0 Å². The lowest BCUT2D eigenvalue weighted by Gasteiger charge is -2.18. The quantitative estimate of drug-likeness (QED) is 0.278. The van der Waals surface area contributed by atoms with Gasteiger partial charge in [0.15, 0.2) is 5.82 Å². The molecule has 1 N–H and O–H groups in total. The molecule has 0 spiro atoms. The second-order valence-corrected chi connectivity index (χ2v) is 6.18. The largest absolute Gasteiger partial charge is 0.365 e. The number of rotatable bonds is 6. The SMILES string of the molecule is CC#CCSC/C(=C1/NCCN1Cc1ccc(Cl)nc1)[N+](=O)[O-]. The maximum atomic E-state index is 11.4. The summed E-state index contributed by atoms with van der Waals surface area (Å²) in [6, 6.07) is 3.60. The molecule has 0 atom stereocenters. The van der Waals surface area contributed by atoms with Gasteiger partial charge in [-0.05, 0) is 18.6 Å². The molecule has 122 valence electrons. The zero-order chi connectivity index (χ0) is 16.7. The highest BCUT2D eigenvalue weighted by atomic mass is 35.5. The topological polar surface area (TPSA) is 71.3 Å². The number of nitrogens with one attached hydrogen (secondary N) is 1. The number of aromatic nitrogens is 1. The van der Waals surface area contributed by atoms with E-state index in [1.165, 1.54) is 11.8 Å². The van der Waals surface area contributed by atoms with E-state index >= 15 is 0 Å². The van der Waals surface area contributed by atoms with E-state index in [1.807, 2.05) is 11.0 Å². The van der Waals surface area contributed by atoms with Gasteiger partial charge < -0.3 is 10.2 Å². The number of pyridine rings is 1. The summed E-state index contributed by atoms with van der Waals surface area (Å²) in [6.45, 7) is 3.72. The standard InChI is InChI=1S/C15H17ClN4O2S/c1-2-3-8-23-11-13(20(21)22)15-17-6-7-19(15)10-12-4-5-14(16)18-9-12/h4-5,9,17H,6-8,10-11H2,1H3/b15-13+. The molecule has 2 heterocycles. The van der Waals surface area contributed by atoms with E-state index < -0.39 is 0 Å². The van der Waals surface area contributed by atoms with Crippen LogP contribution >= 0.6 is 23.4 Å². The van der Waals surface area contributed by atoms with Gasteiger partial charge in [-0.25, -0.2) is 4.98 Å². The molecule has 1 aliphatic heterocycles. The van der Waals surface area contributed by atoms with Gasteiger partial charge in [-0.1, -0.05) is 23.6 Å². The van der Waals surface area contributed by atoms with Crippen molar-refractivity contribution >= 4 is 23.4 Å². The molecule has 0 radical (unpaired) electrons. The Balaban J connectivity index is 2.12. The smallest absolute Gasteiger partial charge is 0.295 e. The van der Waals surface area contributed by atoms with Gasteiger partial charge >= 0.3 is 0 Å². The number of nitro groups is 1. The first-order valence-corrected chi connectivity index (χ1v) is 8.59. The second-order valence-electron chi connectivity index (χ2n) is 4.81. The normalized spacial score (nSPS) is 15.7. The Morgan fingerprint density at radius 1 is 1.61 bits per heavy atom. The molecule has 2 rings (SSSR count). The van der Waals surface area contributed by atoms with Crippen molar-refractivity contribution in [3.8, 4) is 11.8 Å². The van der Waals surface area contributed by atoms with E-state index in [9.17, 15) is 10.1 Å². The lowest BCUT2D eigenvalue weighted by Crippen LogP contribution is -2.24.